The lowest BCUT2D eigenvalue weighted by molar-refractivity contribution is 0.0729. The number of morpholine rings is 1. The van der Waals surface area contributed by atoms with Crippen molar-refractivity contribution < 1.29 is 26.7 Å². The molecule has 0 aliphatic carbocycles. The molecule has 1 aromatic heterocycles. The molecule has 1 atom stereocenters. The Morgan fingerprint density at radius 2 is 1.85 bits per heavy atom. The van der Waals surface area contributed by atoms with Gasteiger partial charge in [0.1, 0.15) is 21.5 Å². The van der Waals surface area contributed by atoms with Crippen LogP contribution in [-0.2, 0) is 14.8 Å². The summed E-state index contributed by atoms with van der Waals surface area (Å²) in [6.45, 7) is 0.533. The number of thiazole rings is 1. The second-order valence-electron chi connectivity index (χ2n) is 7.17. The fourth-order valence-corrected chi connectivity index (χ4v) is 5.71. The predicted octanol–water partition coefficient (Wildman–Crippen LogP) is 3.60. The van der Waals surface area contributed by atoms with Gasteiger partial charge in [0, 0.05) is 29.6 Å². The third-order valence-corrected chi connectivity index (χ3v) is 7.93. The SMILES string of the molecule is N#C[C@@H](C(=O)c1ccc(F)c(S(=O)(=O)N2CCOCC2)c1)c1nc(-c2ccc(F)cc2)cs1. The predicted molar refractivity (Wildman–Crippen MR) is 116 cm³/mol. The molecule has 1 fully saturated rings. The molecule has 170 valence electrons. The molecule has 0 unspecified atom stereocenters. The zero-order chi connectivity index (χ0) is 23.6. The van der Waals surface area contributed by atoms with Crippen LogP contribution in [0.1, 0.15) is 21.3 Å². The molecule has 0 radical (unpaired) electrons. The highest BCUT2D eigenvalue weighted by Crippen LogP contribution is 2.30. The van der Waals surface area contributed by atoms with Crippen molar-refractivity contribution in [3.8, 4) is 17.3 Å². The molecule has 1 aliphatic heterocycles. The lowest BCUT2D eigenvalue weighted by Gasteiger charge is -2.26. The Morgan fingerprint density at radius 1 is 1.15 bits per heavy atom. The molecule has 3 aromatic rings. The van der Waals surface area contributed by atoms with Crippen molar-refractivity contribution >= 4 is 27.1 Å². The van der Waals surface area contributed by atoms with Gasteiger partial charge in [0.25, 0.3) is 0 Å². The van der Waals surface area contributed by atoms with Crippen LogP contribution in [0.25, 0.3) is 11.3 Å². The number of benzene rings is 2. The van der Waals surface area contributed by atoms with Gasteiger partial charge in [-0.1, -0.05) is 0 Å². The fraction of sp³-hybridized carbons (Fsp3) is 0.227. The van der Waals surface area contributed by atoms with E-state index in [0.29, 0.717) is 11.3 Å². The van der Waals surface area contributed by atoms with E-state index in [9.17, 15) is 27.3 Å². The molecule has 1 saturated heterocycles. The van der Waals surface area contributed by atoms with Gasteiger partial charge in [0.15, 0.2) is 11.7 Å². The quantitative estimate of drug-likeness (QED) is 0.491. The summed E-state index contributed by atoms with van der Waals surface area (Å²) < 4.78 is 59.7. The van der Waals surface area contributed by atoms with Gasteiger partial charge in [-0.3, -0.25) is 4.79 Å². The number of carbonyl (C=O) groups is 1. The van der Waals surface area contributed by atoms with Crippen molar-refractivity contribution in [3.05, 3.63) is 70.1 Å². The first kappa shape index (κ1) is 23.1. The van der Waals surface area contributed by atoms with Crippen LogP contribution < -0.4 is 0 Å². The molecule has 4 rings (SSSR count). The van der Waals surface area contributed by atoms with Crippen LogP contribution in [0, 0.1) is 23.0 Å². The summed E-state index contributed by atoms with van der Waals surface area (Å²) in [5, 5.41) is 11.5. The number of ketones is 1. The Kier molecular flexibility index (Phi) is 6.62. The van der Waals surface area contributed by atoms with Gasteiger partial charge >= 0.3 is 0 Å². The number of carbonyl (C=O) groups excluding carboxylic acids is 1. The van der Waals surface area contributed by atoms with Crippen molar-refractivity contribution in [2.75, 3.05) is 26.3 Å². The Bertz CT molecular complexity index is 1330. The maximum absolute atomic E-state index is 14.5. The number of halogens is 2. The van der Waals surface area contributed by atoms with Gasteiger partial charge in [-0.15, -0.1) is 11.3 Å². The molecule has 0 spiro atoms. The molecule has 0 bridgehead atoms. The number of hydrogen-bond acceptors (Lipinski definition) is 7. The zero-order valence-electron chi connectivity index (χ0n) is 17.1. The molecule has 0 amide bonds. The monoisotopic (exact) mass is 489 g/mol. The smallest absolute Gasteiger partial charge is 0.246 e. The van der Waals surface area contributed by atoms with E-state index in [1.165, 1.54) is 24.3 Å². The van der Waals surface area contributed by atoms with Crippen molar-refractivity contribution in [2.24, 2.45) is 0 Å². The summed E-state index contributed by atoms with van der Waals surface area (Å²) in [5.74, 6) is -3.40. The third-order valence-electron chi connectivity index (χ3n) is 5.10. The molecule has 1 aliphatic rings. The molecular formula is C22H17F2N3O4S2. The van der Waals surface area contributed by atoms with E-state index in [0.717, 1.165) is 33.8 Å². The molecule has 7 nitrogen and oxygen atoms in total. The molecular weight excluding hydrogens is 472 g/mol. The van der Waals surface area contributed by atoms with Gasteiger partial charge < -0.3 is 4.74 Å². The zero-order valence-corrected chi connectivity index (χ0v) is 18.7. The second-order valence-corrected chi connectivity index (χ2v) is 9.96. The summed E-state index contributed by atoms with van der Waals surface area (Å²) in [4.78, 5) is 16.8. The number of hydrogen-bond donors (Lipinski definition) is 0. The number of Topliss-reactive ketones (excluding diaryl/α,β-unsaturated/α-hetero) is 1. The van der Waals surface area contributed by atoms with Crippen LogP contribution in [0.3, 0.4) is 0 Å². The summed E-state index contributed by atoms with van der Waals surface area (Å²) in [7, 11) is -4.18. The van der Waals surface area contributed by atoms with E-state index < -0.39 is 38.3 Å². The summed E-state index contributed by atoms with van der Waals surface area (Å²) in [5.41, 5.74) is 0.967. The van der Waals surface area contributed by atoms with Gasteiger partial charge in [0.05, 0.1) is 25.0 Å². The number of rotatable bonds is 6. The lowest BCUT2D eigenvalue weighted by Crippen LogP contribution is -2.41. The average molecular weight is 490 g/mol. The molecule has 2 heterocycles. The topological polar surface area (TPSA) is 100 Å². The van der Waals surface area contributed by atoms with E-state index in [-0.39, 0.29) is 36.9 Å². The number of nitriles is 1. The third kappa shape index (κ3) is 4.69. The molecule has 33 heavy (non-hydrogen) atoms. The number of ether oxygens (including phenoxy) is 1. The average Bonchev–Trinajstić information content (AvgIpc) is 3.30. The molecule has 0 saturated carbocycles. The first-order valence-electron chi connectivity index (χ1n) is 9.84. The van der Waals surface area contributed by atoms with Crippen LogP contribution in [0.2, 0.25) is 0 Å². The highest BCUT2D eigenvalue weighted by molar-refractivity contribution is 7.89. The maximum Gasteiger partial charge on any atom is 0.246 e. The Labute approximate surface area is 192 Å². The van der Waals surface area contributed by atoms with Crippen molar-refractivity contribution in [1.82, 2.24) is 9.29 Å². The molecule has 2 aromatic carbocycles. The minimum Gasteiger partial charge on any atom is -0.379 e. The minimum atomic E-state index is -4.18. The van der Waals surface area contributed by atoms with Crippen molar-refractivity contribution in [1.29, 1.82) is 5.26 Å². The largest absolute Gasteiger partial charge is 0.379 e. The number of sulfonamides is 1. The summed E-state index contributed by atoms with van der Waals surface area (Å²) in [6, 6.07) is 10.5. The molecule has 11 heteroatoms. The molecule has 0 N–H and O–H groups in total. The maximum atomic E-state index is 14.5. The number of nitrogens with zero attached hydrogens (tertiary/aromatic N) is 3. The number of aromatic nitrogens is 1. The van der Waals surface area contributed by atoms with Crippen LogP contribution in [0.4, 0.5) is 8.78 Å². The normalized spacial score (nSPS) is 15.7. The standard InChI is InChI=1S/C22H17F2N3O4S2/c23-16-4-1-14(2-5-16)19-13-32-22(26-19)17(12-25)21(28)15-3-6-18(24)20(11-15)33(29,30)27-7-9-31-10-8-27/h1-6,11,13,17H,7-10H2/t17-/m0/s1. The first-order valence-corrected chi connectivity index (χ1v) is 12.2. The highest BCUT2D eigenvalue weighted by Gasteiger charge is 2.31. The summed E-state index contributed by atoms with van der Waals surface area (Å²) in [6.07, 6.45) is 0. The lowest BCUT2D eigenvalue weighted by atomic mass is 9.99. The van der Waals surface area contributed by atoms with Crippen LogP contribution in [0.15, 0.2) is 52.7 Å². The van der Waals surface area contributed by atoms with Gasteiger partial charge in [-0.2, -0.15) is 9.57 Å². The van der Waals surface area contributed by atoms with Gasteiger partial charge in [0.2, 0.25) is 10.0 Å². The van der Waals surface area contributed by atoms with E-state index in [4.69, 9.17) is 4.74 Å². The van der Waals surface area contributed by atoms with Crippen LogP contribution in [-0.4, -0.2) is 49.8 Å². The Hall–Kier alpha value is -3.04. The van der Waals surface area contributed by atoms with E-state index >= 15 is 0 Å². The van der Waals surface area contributed by atoms with Gasteiger partial charge in [-0.25, -0.2) is 22.2 Å². The van der Waals surface area contributed by atoms with E-state index in [2.05, 4.69) is 4.98 Å². The second kappa shape index (κ2) is 9.44. The minimum absolute atomic E-state index is 0.0754. The van der Waals surface area contributed by atoms with Crippen LogP contribution in [0.5, 0.6) is 0 Å². The Balaban J connectivity index is 1.64. The van der Waals surface area contributed by atoms with Crippen LogP contribution >= 0.6 is 11.3 Å². The fourth-order valence-electron chi connectivity index (χ4n) is 3.35. The van der Waals surface area contributed by atoms with E-state index in [1.54, 1.807) is 5.38 Å². The first-order chi connectivity index (χ1) is 15.8. The van der Waals surface area contributed by atoms with E-state index in [1.807, 2.05) is 6.07 Å². The van der Waals surface area contributed by atoms with Gasteiger partial charge in [-0.05, 0) is 42.5 Å². The Morgan fingerprint density at radius 3 is 2.52 bits per heavy atom. The highest BCUT2D eigenvalue weighted by atomic mass is 32.2. The van der Waals surface area contributed by atoms with Crippen molar-refractivity contribution in [3.63, 3.8) is 0 Å². The summed E-state index contributed by atoms with van der Waals surface area (Å²) >= 11 is 1.08. The van der Waals surface area contributed by atoms with Crippen molar-refractivity contribution in [2.45, 2.75) is 10.8 Å².